The molecule has 0 fully saturated rings. The lowest BCUT2D eigenvalue weighted by atomic mass is 10.0. The topological polar surface area (TPSA) is 98.3 Å². The van der Waals surface area contributed by atoms with Crippen molar-refractivity contribution < 1.29 is 14.7 Å². The largest absolute Gasteiger partial charge is 0.480 e. The van der Waals surface area contributed by atoms with Crippen LogP contribution >= 0.6 is 11.8 Å². The molecule has 0 bridgehead atoms. The average Bonchev–Trinajstić information content (AvgIpc) is 3.39. The lowest BCUT2D eigenvalue weighted by Crippen LogP contribution is -2.41. The Hall–Kier alpha value is -3.62. The maximum atomic E-state index is 12.8. The van der Waals surface area contributed by atoms with Crippen molar-refractivity contribution in [2.75, 3.05) is 12.0 Å². The number of aromatic nitrogens is 2. The SMILES string of the molecule is CSCC[C@H](NC(=O)c1cccc(CN(Cc2cnc[nH]2)Cc2cccc3ccccc23)c1)C(=O)O. The van der Waals surface area contributed by atoms with Crippen LogP contribution in [0.5, 0.6) is 0 Å². The third-order valence-corrected chi connectivity index (χ3v) is 6.68. The lowest BCUT2D eigenvalue weighted by molar-refractivity contribution is -0.139. The van der Waals surface area contributed by atoms with Gasteiger partial charge in [0.25, 0.3) is 5.91 Å². The molecule has 7 nitrogen and oxygen atoms in total. The monoisotopic (exact) mass is 502 g/mol. The second kappa shape index (κ2) is 12.4. The van der Waals surface area contributed by atoms with Gasteiger partial charge in [-0.25, -0.2) is 9.78 Å². The molecule has 0 saturated heterocycles. The summed E-state index contributed by atoms with van der Waals surface area (Å²) in [4.78, 5) is 34.0. The number of carboxylic acids is 1. The summed E-state index contributed by atoms with van der Waals surface area (Å²) in [5.41, 5.74) is 3.65. The first kappa shape index (κ1) is 25.5. The normalized spacial score (nSPS) is 12.1. The minimum Gasteiger partial charge on any atom is -0.480 e. The van der Waals surface area contributed by atoms with Gasteiger partial charge >= 0.3 is 5.97 Å². The van der Waals surface area contributed by atoms with Crippen LogP contribution in [0.4, 0.5) is 0 Å². The molecule has 0 aliphatic carbocycles. The van der Waals surface area contributed by atoms with E-state index >= 15 is 0 Å². The highest BCUT2D eigenvalue weighted by molar-refractivity contribution is 7.98. The van der Waals surface area contributed by atoms with E-state index in [1.165, 1.54) is 16.3 Å². The van der Waals surface area contributed by atoms with Crippen LogP contribution < -0.4 is 5.32 Å². The number of benzene rings is 3. The number of nitrogens with one attached hydrogen (secondary N) is 2. The number of rotatable bonds is 12. The molecule has 0 unspecified atom stereocenters. The quantitative estimate of drug-likeness (QED) is 0.260. The molecular formula is C28H30N4O3S. The Labute approximate surface area is 214 Å². The van der Waals surface area contributed by atoms with E-state index in [0.717, 1.165) is 11.3 Å². The summed E-state index contributed by atoms with van der Waals surface area (Å²) in [6, 6.07) is 21.2. The van der Waals surface area contributed by atoms with Crippen LogP contribution in [0.25, 0.3) is 10.8 Å². The van der Waals surface area contributed by atoms with E-state index in [1.807, 2.05) is 36.7 Å². The highest BCUT2D eigenvalue weighted by Gasteiger charge is 2.20. The molecule has 36 heavy (non-hydrogen) atoms. The molecule has 1 aromatic heterocycles. The number of nitrogens with zero attached hydrogens (tertiary/aromatic N) is 2. The summed E-state index contributed by atoms with van der Waals surface area (Å²) in [5.74, 6) is -0.734. The fraction of sp³-hybridized carbons (Fsp3) is 0.250. The van der Waals surface area contributed by atoms with E-state index in [1.54, 1.807) is 24.2 Å². The van der Waals surface area contributed by atoms with Gasteiger partial charge in [-0.05, 0) is 52.5 Å². The third-order valence-electron chi connectivity index (χ3n) is 6.03. The second-order valence-electron chi connectivity index (χ2n) is 8.71. The van der Waals surface area contributed by atoms with Gasteiger partial charge in [-0.15, -0.1) is 0 Å². The Morgan fingerprint density at radius 2 is 1.86 bits per heavy atom. The molecule has 0 saturated carbocycles. The molecule has 0 aliphatic rings. The molecule has 4 aromatic rings. The predicted molar refractivity (Wildman–Crippen MR) is 144 cm³/mol. The number of carboxylic acid groups (broad SMARTS) is 1. The summed E-state index contributed by atoms with van der Waals surface area (Å²) in [5, 5.41) is 14.5. The van der Waals surface area contributed by atoms with Crippen LogP contribution in [0.15, 0.2) is 79.3 Å². The van der Waals surface area contributed by atoms with E-state index in [2.05, 4.69) is 56.6 Å². The summed E-state index contributed by atoms with van der Waals surface area (Å²) in [6.45, 7) is 1.99. The van der Waals surface area contributed by atoms with Crippen molar-refractivity contribution in [3.8, 4) is 0 Å². The van der Waals surface area contributed by atoms with Gasteiger partial charge in [-0.2, -0.15) is 11.8 Å². The second-order valence-corrected chi connectivity index (χ2v) is 9.69. The molecule has 186 valence electrons. The van der Waals surface area contributed by atoms with Crippen molar-refractivity contribution in [2.45, 2.75) is 32.1 Å². The van der Waals surface area contributed by atoms with Crippen molar-refractivity contribution in [3.05, 3.63) is 102 Å². The Morgan fingerprint density at radius 1 is 1.06 bits per heavy atom. The number of carbonyl (C=O) groups excluding carboxylic acids is 1. The van der Waals surface area contributed by atoms with Crippen molar-refractivity contribution in [1.29, 1.82) is 0 Å². The molecular weight excluding hydrogens is 472 g/mol. The molecule has 0 radical (unpaired) electrons. The number of fused-ring (bicyclic) bond motifs is 1. The zero-order chi connectivity index (χ0) is 25.3. The average molecular weight is 503 g/mol. The van der Waals surface area contributed by atoms with Crippen molar-refractivity contribution in [1.82, 2.24) is 20.2 Å². The van der Waals surface area contributed by atoms with Crippen LogP contribution in [0.3, 0.4) is 0 Å². The van der Waals surface area contributed by atoms with Gasteiger partial charge in [-0.1, -0.05) is 54.6 Å². The van der Waals surface area contributed by atoms with Crippen molar-refractivity contribution >= 4 is 34.4 Å². The molecule has 1 heterocycles. The van der Waals surface area contributed by atoms with E-state index < -0.39 is 12.0 Å². The molecule has 3 N–H and O–H groups in total. The minimum atomic E-state index is -1.02. The smallest absolute Gasteiger partial charge is 0.326 e. The molecule has 1 amide bonds. The Balaban J connectivity index is 1.53. The van der Waals surface area contributed by atoms with E-state index in [0.29, 0.717) is 37.4 Å². The number of imidazole rings is 1. The number of thioether (sulfide) groups is 1. The predicted octanol–water partition coefficient (Wildman–Crippen LogP) is 4.70. The fourth-order valence-corrected chi connectivity index (χ4v) is 4.73. The molecule has 4 rings (SSSR count). The van der Waals surface area contributed by atoms with Gasteiger partial charge in [0.15, 0.2) is 0 Å². The van der Waals surface area contributed by atoms with Gasteiger partial charge in [0.05, 0.1) is 6.33 Å². The van der Waals surface area contributed by atoms with Gasteiger partial charge < -0.3 is 15.4 Å². The Bertz CT molecular complexity index is 1300. The number of amides is 1. The third kappa shape index (κ3) is 6.74. The first-order chi connectivity index (χ1) is 17.5. The Morgan fingerprint density at radius 3 is 2.64 bits per heavy atom. The van der Waals surface area contributed by atoms with Crippen LogP contribution in [0.1, 0.15) is 33.6 Å². The van der Waals surface area contributed by atoms with Gasteiger partial charge in [0, 0.05) is 37.1 Å². The van der Waals surface area contributed by atoms with Gasteiger partial charge in [-0.3, -0.25) is 9.69 Å². The molecule has 0 aliphatic heterocycles. The van der Waals surface area contributed by atoms with Crippen LogP contribution in [0, 0.1) is 0 Å². The number of hydrogen-bond acceptors (Lipinski definition) is 5. The number of hydrogen-bond donors (Lipinski definition) is 3. The highest BCUT2D eigenvalue weighted by Crippen LogP contribution is 2.22. The number of aliphatic carboxylic acids is 1. The summed E-state index contributed by atoms with van der Waals surface area (Å²) in [6.07, 6.45) is 5.79. The van der Waals surface area contributed by atoms with E-state index in [4.69, 9.17) is 0 Å². The number of aromatic amines is 1. The van der Waals surface area contributed by atoms with E-state index in [9.17, 15) is 14.7 Å². The summed E-state index contributed by atoms with van der Waals surface area (Å²) < 4.78 is 0. The zero-order valence-corrected chi connectivity index (χ0v) is 21.0. The molecule has 1 atom stereocenters. The molecule has 3 aromatic carbocycles. The Kier molecular flexibility index (Phi) is 8.76. The minimum absolute atomic E-state index is 0.375. The molecule has 0 spiro atoms. The fourth-order valence-electron chi connectivity index (χ4n) is 4.25. The van der Waals surface area contributed by atoms with Crippen molar-refractivity contribution in [2.24, 2.45) is 0 Å². The maximum Gasteiger partial charge on any atom is 0.326 e. The van der Waals surface area contributed by atoms with Crippen molar-refractivity contribution in [3.63, 3.8) is 0 Å². The lowest BCUT2D eigenvalue weighted by Gasteiger charge is -2.23. The summed E-state index contributed by atoms with van der Waals surface area (Å²) in [7, 11) is 0. The first-order valence-corrected chi connectivity index (χ1v) is 13.2. The van der Waals surface area contributed by atoms with E-state index in [-0.39, 0.29) is 5.91 Å². The molecule has 8 heteroatoms. The number of H-pyrrole nitrogens is 1. The van der Waals surface area contributed by atoms with Crippen LogP contribution in [-0.4, -0.2) is 49.9 Å². The van der Waals surface area contributed by atoms with Gasteiger partial charge in [0.1, 0.15) is 6.04 Å². The zero-order valence-electron chi connectivity index (χ0n) is 20.2. The number of carbonyl (C=O) groups is 2. The van der Waals surface area contributed by atoms with Crippen LogP contribution in [0.2, 0.25) is 0 Å². The highest BCUT2D eigenvalue weighted by atomic mass is 32.2. The van der Waals surface area contributed by atoms with Gasteiger partial charge in [0.2, 0.25) is 0 Å². The first-order valence-electron chi connectivity index (χ1n) is 11.8. The standard InChI is InChI=1S/C28H30N4O3S/c1-36-13-12-26(28(34)35)31-27(33)22-9-4-6-20(14-22)16-32(18-24-15-29-19-30-24)17-23-10-5-8-21-7-2-3-11-25(21)23/h2-11,14-15,19,26H,12-13,16-18H2,1H3,(H,29,30)(H,31,33)(H,34,35)/t26-/m0/s1. The maximum absolute atomic E-state index is 12.8. The van der Waals surface area contributed by atoms with Crippen LogP contribution in [-0.2, 0) is 24.4 Å². The summed E-state index contributed by atoms with van der Waals surface area (Å²) >= 11 is 1.55.